The van der Waals surface area contributed by atoms with Crippen molar-refractivity contribution in [3.05, 3.63) is 48.5 Å². The molecule has 0 aliphatic carbocycles. The third kappa shape index (κ3) is 6.41. The van der Waals surface area contributed by atoms with Gasteiger partial charge in [-0.2, -0.15) is 0 Å². The average Bonchev–Trinajstić information content (AvgIpc) is 2.59. The number of rotatable bonds is 10. The molecule has 24 heavy (non-hydrogen) atoms. The molecule has 4 nitrogen and oxygen atoms in total. The Morgan fingerprint density at radius 3 is 2.21 bits per heavy atom. The van der Waals surface area contributed by atoms with E-state index in [9.17, 15) is 0 Å². The first kappa shape index (κ1) is 18.0. The lowest BCUT2D eigenvalue weighted by Crippen LogP contribution is -2.13. The van der Waals surface area contributed by atoms with Crippen LogP contribution in [0.5, 0.6) is 11.5 Å². The SMILES string of the molecule is CCOc1ccc(NCCNc2cccc(OCC(C)C)c2)cc1. The molecule has 0 unspecified atom stereocenters. The Morgan fingerprint density at radius 1 is 0.833 bits per heavy atom. The van der Waals surface area contributed by atoms with Gasteiger partial charge in [0.2, 0.25) is 0 Å². The molecule has 0 aliphatic rings. The summed E-state index contributed by atoms with van der Waals surface area (Å²) in [4.78, 5) is 0. The van der Waals surface area contributed by atoms with Crippen molar-refractivity contribution >= 4 is 11.4 Å². The predicted molar refractivity (Wildman–Crippen MR) is 101 cm³/mol. The maximum Gasteiger partial charge on any atom is 0.121 e. The largest absolute Gasteiger partial charge is 0.494 e. The van der Waals surface area contributed by atoms with Crippen molar-refractivity contribution in [1.82, 2.24) is 0 Å². The van der Waals surface area contributed by atoms with E-state index in [0.717, 1.165) is 42.6 Å². The minimum Gasteiger partial charge on any atom is -0.494 e. The van der Waals surface area contributed by atoms with Crippen molar-refractivity contribution in [2.24, 2.45) is 5.92 Å². The number of nitrogens with one attached hydrogen (secondary N) is 2. The smallest absolute Gasteiger partial charge is 0.121 e. The zero-order valence-electron chi connectivity index (χ0n) is 14.8. The third-order valence-corrected chi connectivity index (χ3v) is 3.37. The first-order valence-electron chi connectivity index (χ1n) is 8.61. The fourth-order valence-corrected chi connectivity index (χ4v) is 2.21. The standard InChI is InChI=1S/C20H28N2O2/c1-4-23-19-10-8-17(9-11-19)21-12-13-22-18-6-5-7-20(14-18)24-15-16(2)3/h5-11,14,16,21-22H,4,12-13,15H2,1-3H3. The summed E-state index contributed by atoms with van der Waals surface area (Å²) in [7, 11) is 0. The van der Waals surface area contributed by atoms with Gasteiger partial charge in [0.1, 0.15) is 11.5 Å². The predicted octanol–water partition coefficient (Wildman–Crippen LogP) is 4.64. The van der Waals surface area contributed by atoms with Crippen molar-refractivity contribution in [1.29, 1.82) is 0 Å². The van der Waals surface area contributed by atoms with Crippen LogP contribution >= 0.6 is 0 Å². The van der Waals surface area contributed by atoms with E-state index in [-0.39, 0.29) is 0 Å². The van der Waals surface area contributed by atoms with Crippen LogP contribution in [0.2, 0.25) is 0 Å². The lowest BCUT2D eigenvalue weighted by Gasteiger charge is -2.12. The van der Waals surface area contributed by atoms with Crippen LogP contribution in [0.15, 0.2) is 48.5 Å². The molecule has 0 amide bonds. The number of hydrogen-bond donors (Lipinski definition) is 2. The Bertz CT molecular complexity index is 597. The zero-order chi connectivity index (χ0) is 17.2. The second-order valence-electron chi connectivity index (χ2n) is 6.04. The van der Waals surface area contributed by atoms with Crippen LogP contribution in [0.25, 0.3) is 0 Å². The quantitative estimate of drug-likeness (QED) is 0.623. The average molecular weight is 328 g/mol. The highest BCUT2D eigenvalue weighted by Crippen LogP contribution is 2.18. The fourth-order valence-electron chi connectivity index (χ4n) is 2.21. The molecule has 2 aromatic carbocycles. The topological polar surface area (TPSA) is 42.5 Å². The van der Waals surface area contributed by atoms with Crippen LogP contribution in [-0.2, 0) is 0 Å². The summed E-state index contributed by atoms with van der Waals surface area (Å²) in [5.74, 6) is 2.34. The van der Waals surface area contributed by atoms with E-state index >= 15 is 0 Å². The van der Waals surface area contributed by atoms with Gasteiger partial charge in [0.05, 0.1) is 13.2 Å². The number of ether oxygens (including phenoxy) is 2. The second-order valence-corrected chi connectivity index (χ2v) is 6.04. The van der Waals surface area contributed by atoms with Crippen molar-refractivity contribution in [2.75, 3.05) is 36.9 Å². The van der Waals surface area contributed by atoms with E-state index in [2.05, 4.69) is 30.5 Å². The summed E-state index contributed by atoms with van der Waals surface area (Å²) in [5.41, 5.74) is 2.17. The molecular weight excluding hydrogens is 300 g/mol. The van der Waals surface area contributed by atoms with Gasteiger partial charge in [-0.3, -0.25) is 0 Å². The van der Waals surface area contributed by atoms with Gasteiger partial charge >= 0.3 is 0 Å². The number of anilines is 2. The first-order valence-corrected chi connectivity index (χ1v) is 8.61. The summed E-state index contributed by atoms with van der Waals surface area (Å²) >= 11 is 0. The van der Waals surface area contributed by atoms with Gasteiger partial charge in [0.15, 0.2) is 0 Å². The summed E-state index contributed by atoms with van der Waals surface area (Å²) in [5, 5.41) is 6.80. The van der Waals surface area contributed by atoms with Crippen LogP contribution in [-0.4, -0.2) is 26.3 Å². The summed E-state index contributed by atoms with van der Waals surface area (Å²) in [6.45, 7) is 9.38. The molecule has 0 bridgehead atoms. The molecular formula is C20H28N2O2. The fraction of sp³-hybridized carbons (Fsp3) is 0.400. The minimum absolute atomic E-state index is 0.528. The number of benzene rings is 2. The van der Waals surface area contributed by atoms with Crippen LogP contribution in [0.1, 0.15) is 20.8 Å². The van der Waals surface area contributed by atoms with Crippen molar-refractivity contribution in [3.8, 4) is 11.5 Å². The lowest BCUT2D eigenvalue weighted by molar-refractivity contribution is 0.271. The summed E-state index contributed by atoms with van der Waals surface area (Å²) in [6, 6.07) is 16.1. The van der Waals surface area contributed by atoms with Gasteiger partial charge < -0.3 is 20.1 Å². The lowest BCUT2D eigenvalue weighted by atomic mass is 10.2. The Hall–Kier alpha value is -2.36. The summed E-state index contributed by atoms with van der Waals surface area (Å²) < 4.78 is 11.2. The van der Waals surface area contributed by atoms with Gasteiger partial charge in [-0.15, -0.1) is 0 Å². The molecule has 2 aromatic rings. The van der Waals surface area contributed by atoms with E-state index in [1.165, 1.54) is 0 Å². The van der Waals surface area contributed by atoms with Crippen LogP contribution in [0.3, 0.4) is 0 Å². The van der Waals surface area contributed by atoms with Gasteiger partial charge in [-0.05, 0) is 49.2 Å². The highest BCUT2D eigenvalue weighted by molar-refractivity contribution is 5.49. The Labute approximate surface area is 145 Å². The van der Waals surface area contributed by atoms with E-state index < -0.39 is 0 Å². The monoisotopic (exact) mass is 328 g/mol. The second kappa shape index (κ2) is 9.71. The molecule has 0 aliphatic heterocycles. The van der Waals surface area contributed by atoms with E-state index in [1.54, 1.807) is 0 Å². The Balaban J connectivity index is 1.72. The first-order chi connectivity index (χ1) is 11.7. The zero-order valence-corrected chi connectivity index (χ0v) is 14.8. The van der Waals surface area contributed by atoms with Crippen LogP contribution < -0.4 is 20.1 Å². The highest BCUT2D eigenvalue weighted by Gasteiger charge is 1.99. The van der Waals surface area contributed by atoms with E-state index in [0.29, 0.717) is 12.5 Å². The van der Waals surface area contributed by atoms with Crippen molar-refractivity contribution in [3.63, 3.8) is 0 Å². The molecule has 0 heterocycles. The molecule has 0 aromatic heterocycles. The normalized spacial score (nSPS) is 10.5. The van der Waals surface area contributed by atoms with Crippen molar-refractivity contribution < 1.29 is 9.47 Å². The highest BCUT2D eigenvalue weighted by atomic mass is 16.5. The third-order valence-electron chi connectivity index (χ3n) is 3.37. The van der Waals surface area contributed by atoms with Gasteiger partial charge in [-0.25, -0.2) is 0 Å². The van der Waals surface area contributed by atoms with Crippen LogP contribution in [0.4, 0.5) is 11.4 Å². The van der Waals surface area contributed by atoms with Crippen LogP contribution in [0, 0.1) is 5.92 Å². The molecule has 130 valence electrons. The van der Waals surface area contributed by atoms with Crippen molar-refractivity contribution in [2.45, 2.75) is 20.8 Å². The minimum atomic E-state index is 0.528. The molecule has 0 fully saturated rings. The molecule has 0 spiro atoms. The molecule has 2 N–H and O–H groups in total. The van der Waals surface area contributed by atoms with Gasteiger partial charge in [0, 0.05) is 30.5 Å². The molecule has 4 heteroatoms. The van der Waals surface area contributed by atoms with Gasteiger partial charge in [0.25, 0.3) is 0 Å². The van der Waals surface area contributed by atoms with E-state index in [1.807, 2.05) is 49.4 Å². The maximum absolute atomic E-state index is 5.75. The molecule has 0 atom stereocenters. The maximum atomic E-state index is 5.75. The van der Waals surface area contributed by atoms with Gasteiger partial charge in [-0.1, -0.05) is 19.9 Å². The van der Waals surface area contributed by atoms with E-state index in [4.69, 9.17) is 9.47 Å². The number of hydrogen-bond acceptors (Lipinski definition) is 4. The Kier molecular flexibility index (Phi) is 7.27. The summed E-state index contributed by atoms with van der Waals surface area (Å²) in [6.07, 6.45) is 0. The molecule has 2 rings (SSSR count). The molecule has 0 saturated carbocycles. The molecule has 0 radical (unpaired) electrons. The molecule has 0 saturated heterocycles. The Morgan fingerprint density at radius 2 is 1.54 bits per heavy atom.